The molecule has 2 amide bonds. The predicted molar refractivity (Wildman–Crippen MR) is 116 cm³/mol. The molecule has 0 aromatic carbocycles. The van der Waals surface area contributed by atoms with Crippen LogP contribution in [0.15, 0.2) is 29.5 Å². The Balaban J connectivity index is 0.00000364. The van der Waals surface area contributed by atoms with Crippen LogP contribution in [0.5, 0.6) is 0 Å². The monoisotopic (exact) mass is 489 g/mol. The quantitative estimate of drug-likeness (QED) is 0.278. The summed E-state index contributed by atoms with van der Waals surface area (Å²) in [7, 11) is 5.20. The average molecular weight is 489 g/mol. The van der Waals surface area contributed by atoms with E-state index >= 15 is 0 Å². The molecule has 1 aliphatic rings. The molecule has 150 valence electrons. The third kappa shape index (κ3) is 6.52. The van der Waals surface area contributed by atoms with Gasteiger partial charge in [-0.05, 0) is 6.92 Å². The molecule has 0 atom stereocenters. The topological polar surface area (TPSA) is 86.1 Å². The first-order valence-corrected chi connectivity index (χ1v) is 8.44. The Labute approximate surface area is 177 Å². The first-order chi connectivity index (χ1) is 12.3. The van der Waals surface area contributed by atoms with E-state index in [1.165, 1.54) is 4.90 Å². The van der Waals surface area contributed by atoms with Crippen molar-refractivity contribution in [3.63, 3.8) is 0 Å². The maximum absolute atomic E-state index is 12.6. The predicted octanol–water partition coefficient (Wildman–Crippen LogP) is 0.297. The minimum atomic E-state index is -0.0973. The van der Waals surface area contributed by atoms with Crippen LogP contribution in [0.4, 0.5) is 5.69 Å². The van der Waals surface area contributed by atoms with E-state index < -0.39 is 0 Å². The summed E-state index contributed by atoms with van der Waals surface area (Å²) in [6, 6.07) is 0. The van der Waals surface area contributed by atoms with Crippen LogP contribution in [0.25, 0.3) is 0 Å². The second-order valence-corrected chi connectivity index (χ2v) is 6.58. The highest BCUT2D eigenvalue weighted by Crippen LogP contribution is 2.16. The molecule has 1 fully saturated rings. The fourth-order valence-electron chi connectivity index (χ4n) is 2.46. The zero-order chi connectivity index (χ0) is 19.3. The van der Waals surface area contributed by atoms with E-state index in [4.69, 9.17) is 0 Å². The zero-order valence-corrected chi connectivity index (χ0v) is 18.6. The van der Waals surface area contributed by atoms with E-state index in [2.05, 4.69) is 22.0 Å². The fraction of sp³-hybridized carbons (Fsp3) is 0.529. The van der Waals surface area contributed by atoms with Crippen LogP contribution >= 0.6 is 24.0 Å². The van der Waals surface area contributed by atoms with Crippen molar-refractivity contribution in [3.8, 4) is 0 Å². The molecule has 2 heterocycles. The van der Waals surface area contributed by atoms with Crippen molar-refractivity contribution in [2.45, 2.75) is 6.92 Å². The number of hydrogen-bond donors (Lipinski definition) is 1. The van der Waals surface area contributed by atoms with Crippen molar-refractivity contribution in [1.82, 2.24) is 24.9 Å². The molecule has 9 nitrogen and oxygen atoms in total. The third-order valence-electron chi connectivity index (χ3n) is 3.93. The first kappa shape index (κ1) is 22.9. The van der Waals surface area contributed by atoms with Crippen molar-refractivity contribution >= 4 is 47.4 Å². The SMILES string of the molecule is C=C(C)CNC(=NCC(=O)N(C)C)N1CCN(c2cnn(C)c2)C(=O)C1.I. The van der Waals surface area contributed by atoms with E-state index in [9.17, 15) is 9.59 Å². The van der Waals surface area contributed by atoms with Gasteiger partial charge in [0, 0.05) is 47.0 Å². The number of likely N-dealkylation sites (N-methyl/N-ethyl adjacent to an activating group) is 1. The van der Waals surface area contributed by atoms with Crippen molar-refractivity contribution in [3.05, 3.63) is 24.5 Å². The van der Waals surface area contributed by atoms with Crippen molar-refractivity contribution < 1.29 is 9.59 Å². The number of guanidine groups is 1. The fourth-order valence-corrected chi connectivity index (χ4v) is 2.46. The molecular weight excluding hydrogens is 461 g/mol. The van der Waals surface area contributed by atoms with Gasteiger partial charge in [-0.15, -0.1) is 24.0 Å². The van der Waals surface area contributed by atoms with Gasteiger partial charge in [-0.25, -0.2) is 4.99 Å². The Kier molecular flexibility index (Phi) is 8.73. The number of nitrogens with one attached hydrogen (secondary N) is 1. The highest BCUT2D eigenvalue weighted by atomic mass is 127. The summed E-state index contributed by atoms with van der Waals surface area (Å²) in [5.74, 6) is 0.412. The molecule has 0 aliphatic carbocycles. The second-order valence-electron chi connectivity index (χ2n) is 6.58. The molecule has 1 aliphatic heterocycles. The Morgan fingerprint density at radius 1 is 1.41 bits per heavy atom. The largest absolute Gasteiger partial charge is 0.352 e. The second kappa shape index (κ2) is 10.3. The van der Waals surface area contributed by atoms with E-state index in [-0.39, 0.29) is 48.9 Å². The molecule has 1 aromatic rings. The molecule has 0 spiro atoms. The number of piperazine rings is 1. The molecule has 1 aromatic heterocycles. The molecule has 10 heteroatoms. The third-order valence-corrected chi connectivity index (χ3v) is 3.93. The van der Waals surface area contributed by atoms with Gasteiger partial charge >= 0.3 is 0 Å². The van der Waals surface area contributed by atoms with Gasteiger partial charge in [0.15, 0.2) is 5.96 Å². The van der Waals surface area contributed by atoms with E-state index in [0.717, 1.165) is 11.3 Å². The number of rotatable bonds is 5. The highest BCUT2D eigenvalue weighted by Gasteiger charge is 2.27. The number of nitrogens with zero attached hydrogens (tertiary/aromatic N) is 6. The standard InChI is InChI=1S/C17H27N7O2.HI/c1-13(2)8-18-17(19-10-15(25)21(3)4)23-6-7-24(16(26)12-23)14-9-20-22(5)11-14;/h9,11H,1,6-8,10,12H2,2-5H3,(H,18,19);1H. The Hall–Kier alpha value is -2.11. The van der Waals surface area contributed by atoms with Gasteiger partial charge in [0.05, 0.1) is 11.9 Å². The number of aliphatic imine (C=N–C) groups is 1. The van der Waals surface area contributed by atoms with Crippen LogP contribution in [-0.4, -0.2) is 84.2 Å². The molecule has 0 unspecified atom stereocenters. The molecule has 0 radical (unpaired) electrons. The molecule has 1 N–H and O–H groups in total. The molecule has 1 saturated heterocycles. The van der Waals surface area contributed by atoms with Gasteiger partial charge in [-0.2, -0.15) is 5.10 Å². The van der Waals surface area contributed by atoms with Crippen LogP contribution < -0.4 is 10.2 Å². The van der Waals surface area contributed by atoms with Crippen molar-refractivity contribution in [2.75, 3.05) is 51.7 Å². The van der Waals surface area contributed by atoms with Gasteiger partial charge in [0.25, 0.3) is 0 Å². The van der Waals surface area contributed by atoms with Crippen LogP contribution in [0.2, 0.25) is 0 Å². The maximum atomic E-state index is 12.6. The maximum Gasteiger partial charge on any atom is 0.246 e. The van der Waals surface area contributed by atoms with Gasteiger partial charge in [-0.3, -0.25) is 14.3 Å². The van der Waals surface area contributed by atoms with Gasteiger partial charge in [-0.1, -0.05) is 12.2 Å². The van der Waals surface area contributed by atoms with E-state index in [1.807, 2.05) is 25.1 Å². The van der Waals surface area contributed by atoms with Crippen LogP contribution in [0.1, 0.15) is 6.92 Å². The summed E-state index contributed by atoms with van der Waals surface area (Å²) >= 11 is 0. The number of hydrogen-bond acceptors (Lipinski definition) is 4. The van der Waals surface area contributed by atoms with Gasteiger partial charge in [0.2, 0.25) is 11.8 Å². The average Bonchev–Trinajstić information content (AvgIpc) is 3.00. The zero-order valence-electron chi connectivity index (χ0n) is 16.3. The number of amides is 2. The Morgan fingerprint density at radius 3 is 2.63 bits per heavy atom. The number of carbonyl (C=O) groups is 2. The minimum absolute atomic E-state index is 0. The lowest BCUT2D eigenvalue weighted by Gasteiger charge is -2.35. The first-order valence-electron chi connectivity index (χ1n) is 8.44. The van der Waals surface area contributed by atoms with Crippen LogP contribution in [0, 0.1) is 0 Å². The van der Waals surface area contributed by atoms with Crippen molar-refractivity contribution in [1.29, 1.82) is 0 Å². The molecule has 27 heavy (non-hydrogen) atoms. The lowest BCUT2D eigenvalue weighted by Crippen LogP contribution is -2.55. The molecule has 0 saturated carbocycles. The van der Waals surface area contributed by atoms with Gasteiger partial charge in [0.1, 0.15) is 13.1 Å². The normalized spacial score (nSPS) is 14.7. The smallest absolute Gasteiger partial charge is 0.246 e. The molecular formula is C17H28IN7O2. The molecule has 2 rings (SSSR count). The highest BCUT2D eigenvalue weighted by molar-refractivity contribution is 14.0. The summed E-state index contributed by atoms with van der Waals surface area (Å²) in [4.78, 5) is 33.9. The number of carbonyl (C=O) groups excluding carboxylic acids is 2. The van der Waals surface area contributed by atoms with E-state index in [0.29, 0.717) is 25.6 Å². The molecule has 0 bridgehead atoms. The lowest BCUT2D eigenvalue weighted by molar-refractivity contribution is -0.127. The van der Waals surface area contributed by atoms with Crippen molar-refractivity contribution in [2.24, 2.45) is 12.0 Å². The number of halogens is 1. The Morgan fingerprint density at radius 2 is 2.11 bits per heavy atom. The number of anilines is 1. The summed E-state index contributed by atoms with van der Waals surface area (Å²) in [5, 5.41) is 7.30. The number of aromatic nitrogens is 2. The van der Waals surface area contributed by atoms with E-state index in [1.54, 1.807) is 29.9 Å². The summed E-state index contributed by atoms with van der Waals surface area (Å²) in [6.07, 6.45) is 3.50. The summed E-state index contributed by atoms with van der Waals surface area (Å²) < 4.78 is 1.67. The summed E-state index contributed by atoms with van der Waals surface area (Å²) in [6.45, 7) is 7.66. The number of aryl methyl sites for hydroxylation is 1. The lowest BCUT2D eigenvalue weighted by atomic mass is 10.3. The van der Waals surface area contributed by atoms with Crippen LogP contribution in [-0.2, 0) is 16.6 Å². The summed E-state index contributed by atoms with van der Waals surface area (Å²) in [5.41, 5.74) is 1.73. The van der Waals surface area contributed by atoms with Crippen LogP contribution in [0.3, 0.4) is 0 Å². The Bertz CT molecular complexity index is 714. The minimum Gasteiger partial charge on any atom is -0.352 e. The van der Waals surface area contributed by atoms with Gasteiger partial charge < -0.3 is 20.0 Å².